The van der Waals surface area contributed by atoms with E-state index >= 15 is 0 Å². The number of nitrogens with one attached hydrogen (secondary N) is 1. The van der Waals surface area contributed by atoms with Gasteiger partial charge in [-0.1, -0.05) is 42.5 Å². The van der Waals surface area contributed by atoms with E-state index in [1.165, 1.54) is 12.1 Å². The molecule has 3 N–H and O–H groups in total. The molecule has 27 heavy (non-hydrogen) atoms. The second-order valence-electron chi connectivity index (χ2n) is 6.87. The van der Waals surface area contributed by atoms with Crippen molar-refractivity contribution in [3.63, 3.8) is 0 Å². The third kappa shape index (κ3) is 4.92. The average molecular weight is 369 g/mol. The zero-order chi connectivity index (χ0) is 19.2. The molecule has 1 saturated heterocycles. The molecule has 0 aromatic heterocycles. The normalized spacial score (nSPS) is 16.6. The van der Waals surface area contributed by atoms with E-state index in [0.29, 0.717) is 32.5 Å². The first kappa shape index (κ1) is 19.0. The molecule has 5 nitrogen and oxygen atoms in total. The van der Waals surface area contributed by atoms with Crippen molar-refractivity contribution >= 4 is 11.8 Å². The van der Waals surface area contributed by atoms with E-state index in [1.54, 1.807) is 12.1 Å². The largest absolute Gasteiger partial charge is 0.368 e. The van der Waals surface area contributed by atoms with Crippen LogP contribution in [-0.2, 0) is 16.1 Å². The van der Waals surface area contributed by atoms with Crippen LogP contribution in [0.4, 0.5) is 4.39 Å². The molecule has 1 unspecified atom stereocenters. The minimum atomic E-state index is -0.463. The Bertz CT molecular complexity index is 772. The quantitative estimate of drug-likeness (QED) is 0.821. The summed E-state index contributed by atoms with van der Waals surface area (Å²) in [5.41, 5.74) is 7.37. The van der Waals surface area contributed by atoms with E-state index in [-0.39, 0.29) is 23.5 Å². The Morgan fingerprint density at radius 1 is 1.07 bits per heavy atom. The van der Waals surface area contributed by atoms with Gasteiger partial charge in [-0.25, -0.2) is 4.39 Å². The number of benzene rings is 2. The predicted molar refractivity (Wildman–Crippen MR) is 101 cm³/mol. The fourth-order valence-electron chi connectivity index (χ4n) is 3.55. The van der Waals surface area contributed by atoms with Crippen molar-refractivity contribution in [2.24, 2.45) is 11.7 Å². The lowest BCUT2D eigenvalue weighted by Gasteiger charge is -2.35. The van der Waals surface area contributed by atoms with Crippen molar-refractivity contribution in [1.29, 1.82) is 0 Å². The molecule has 2 amide bonds. The summed E-state index contributed by atoms with van der Waals surface area (Å²) in [5.74, 6) is -0.763. The minimum absolute atomic E-state index is 0.00527. The molecule has 0 radical (unpaired) electrons. The highest BCUT2D eigenvalue weighted by Gasteiger charge is 2.31. The minimum Gasteiger partial charge on any atom is -0.368 e. The van der Waals surface area contributed by atoms with Crippen LogP contribution in [0.3, 0.4) is 0 Å². The van der Waals surface area contributed by atoms with E-state index in [1.807, 2.05) is 35.2 Å². The van der Waals surface area contributed by atoms with Gasteiger partial charge >= 0.3 is 0 Å². The molecule has 6 heteroatoms. The van der Waals surface area contributed by atoms with E-state index < -0.39 is 6.04 Å². The molecule has 0 spiro atoms. The summed E-state index contributed by atoms with van der Waals surface area (Å²) >= 11 is 0. The van der Waals surface area contributed by atoms with Crippen molar-refractivity contribution < 1.29 is 14.0 Å². The smallest absolute Gasteiger partial charge is 0.239 e. The van der Waals surface area contributed by atoms with Crippen molar-refractivity contribution in [1.82, 2.24) is 10.2 Å². The first-order valence-electron chi connectivity index (χ1n) is 9.15. The zero-order valence-corrected chi connectivity index (χ0v) is 15.1. The summed E-state index contributed by atoms with van der Waals surface area (Å²) in [4.78, 5) is 26.4. The van der Waals surface area contributed by atoms with Gasteiger partial charge in [0.25, 0.3) is 0 Å². The van der Waals surface area contributed by atoms with Crippen LogP contribution in [0.2, 0.25) is 0 Å². The van der Waals surface area contributed by atoms with Crippen molar-refractivity contribution in [3.8, 4) is 0 Å². The predicted octanol–water partition coefficient (Wildman–Crippen LogP) is 2.38. The number of hydrogen-bond acceptors (Lipinski definition) is 3. The maximum atomic E-state index is 12.9. The number of carbonyl (C=O) groups excluding carboxylic acids is 2. The van der Waals surface area contributed by atoms with Crippen LogP contribution >= 0.6 is 0 Å². The monoisotopic (exact) mass is 369 g/mol. The summed E-state index contributed by atoms with van der Waals surface area (Å²) in [7, 11) is 0. The Morgan fingerprint density at radius 3 is 2.30 bits per heavy atom. The van der Waals surface area contributed by atoms with Gasteiger partial charge in [0, 0.05) is 12.5 Å². The average Bonchev–Trinajstić information content (AvgIpc) is 2.68. The summed E-state index contributed by atoms with van der Waals surface area (Å²) in [6.45, 7) is 1.65. The van der Waals surface area contributed by atoms with Crippen molar-refractivity contribution in [3.05, 3.63) is 71.5 Å². The van der Waals surface area contributed by atoms with Crippen LogP contribution in [0.1, 0.15) is 30.0 Å². The van der Waals surface area contributed by atoms with Crippen LogP contribution in [0.15, 0.2) is 54.6 Å². The number of piperidine rings is 1. The van der Waals surface area contributed by atoms with E-state index in [2.05, 4.69) is 5.32 Å². The number of rotatable bonds is 6. The lowest BCUT2D eigenvalue weighted by Crippen LogP contribution is -2.45. The number of likely N-dealkylation sites (tertiary alicyclic amines) is 1. The highest BCUT2D eigenvalue weighted by molar-refractivity contribution is 5.81. The van der Waals surface area contributed by atoms with Crippen LogP contribution in [-0.4, -0.2) is 29.8 Å². The molecule has 3 rings (SSSR count). The third-order valence-electron chi connectivity index (χ3n) is 5.03. The fourth-order valence-corrected chi connectivity index (χ4v) is 3.55. The maximum absolute atomic E-state index is 12.9. The number of halogens is 1. The van der Waals surface area contributed by atoms with E-state index in [4.69, 9.17) is 5.73 Å². The number of carbonyl (C=O) groups is 2. The highest BCUT2D eigenvalue weighted by Crippen LogP contribution is 2.27. The molecule has 1 aliphatic heterocycles. The first-order chi connectivity index (χ1) is 13.0. The van der Waals surface area contributed by atoms with Gasteiger partial charge in [-0.15, -0.1) is 0 Å². The molecule has 0 bridgehead atoms. The van der Waals surface area contributed by atoms with Gasteiger partial charge in [-0.3, -0.25) is 14.5 Å². The molecule has 2 aromatic carbocycles. The number of hydrogen-bond donors (Lipinski definition) is 2. The van der Waals surface area contributed by atoms with E-state index in [9.17, 15) is 14.0 Å². The molecule has 1 fully saturated rings. The van der Waals surface area contributed by atoms with Gasteiger partial charge in [-0.2, -0.15) is 0 Å². The summed E-state index contributed by atoms with van der Waals surface area (Å²) in [6, 6.07) is 15.1. The van der Waals surface area contributed by atoms with Gasteiger partial charge in [0.1, 0.15) is 11.9 Å². The lowest BCUT2D eigenvalue weighted by molar-refractivity contribution is -0.128. The summed E-state index contributed by atoms with van der Waals surface area (Å²) < 4.78 is 12.9. The Balaban J connectivity index is 1.53. The van der Waals surface area contributed by atoms with Crippen LogP contribution < -0.4 is 11.1 Å². The molecule has 1 heterocycles. The third-order valence-corrected chi connectivity index (χ3v) is 5.03. The molecule has 142 valence electrons. The summed E-state index contributed by atoms with van der Waals surface area (Å²) in [6.07, 6.45) is 1.34. The number of primary amides is 1. The summed E-state index contributed by atoms with van der Waals surface area (Å²) in [5, 5.41) is 2.92. The Labute approximate surface area is 158 Å². The zero-order valence-electron chi connectivity index (χ0n) is 15.1. The lowest BCUT2D eigenvalue weighted by atomic mass is 9.93. The van der Waals surface area contributed by atoms with Crippen molar-refractivity contribution in [2.45, 2.75) is 25.4 Å². The topological polar surface area (TPSA) is 75.4 Å². The number of nitrogens with zero attached hydrogens (tertiary/aromatic N) is 1. The van der Waals surface area contributed by atoms with Gasteiger partial charge in [0.15, 0.2) is 0 Å². The van der Waals surface area contributed by atoms with E-state index in [0.717, 1.165) is 11.1 Å². The fraction of sp³-hybridized carbons (Fsp3) is 0.333. The molecule has 1 atom stereocenters. The molecular weight excluding hydrogens is 345 g/mol. The first-order valence-corrected chi connectivity index (χ1v) is 9.15. The van der Waals surface area contributed by atoms with Crippen LogP contribution in [0.25, 0.3) is 0 Å². The van der Waals surface area contributed by atoms with Crippen LogP contribution in [0.5, 0.6) is 0 Å². The second-order valence-corrected chi connectivity index (χ2v) is 6.87. The van der Waals surface area contributed by atoms with Gasteiger partial charge in [0.2, 0.25) is 11.8 Å². The Morgan fingerprint density at radius 2 is 1.70 bits per heavy atom. The highest BCUT2D eigenvalue weighted by atomic mass is 19.1. The van der Waals surface area contributed by atoms with Crippen LogP contribution in [0, 0.1) is 11.7 Å². The van der Waals surface area contributed by atoms with Gasteiger partial charge in [-0.05, 0) is 49.2 Å². The number of amides is 2. The molecule has 1 aliphatic rings. The molecule has 2 aromatic rings. The standard InChI is InChI=1S/C21H24FN3O2/c22-18-8-6-15(7-9-18)14-24-21(27)17-10-12-25(13-11-17)19(20(23)26)16-4-2-1-3-5-16/h1-9,17,19H,10-14H2,(H2,23,26)(H,24,27). The maximum Gasteiger partial charge on any atom is 0.239 e. The van der Waals surface area contributed by atoms with Gasteiger partial charge < -0.3 is 11.1 Å². The van der Waals surface area contributed by atoms with Crippen molar-refractivity contribution in [2.75, 3.05) is 13.1 Å². The van der Waals surface area contributed by atoms with Gasteiger partial charge in [0.05, 0.1) is 0 Å². The molecular formula is C21H24FN3O2. The molecule has 0 aliphatic carbocycles. The molecule has 0 saturated carbocycles. The Hall–Kier alpha value is -2.73. The SMILES string of the molecule is NC(=O)C(c1ccccc1)N1CCC(C(=O)NCc2ccc(F)cc2)CC1. The second kappa shape index (κ2) is 8.77. The Kier molecular flexibility index (Phi) is 6.19. The number of nitrogens with two attached hydrogens (primary N) is 1.